The lowest BCUT2D eigenvalue weighted by molar-refractivity contribution is -0.142. The van der Waals surface area contributed by atoms with E-state index in [1.807, 2.05) is 19.1 Å². The van der Waals surface area contributed by atoms with Gasteiger partial charge in [0.1, 0.15) is 17.6 Å². The van der Waals surface area contributed by atoms with Crippen LogP contribution in [0.5, 0.6) is 0 Å². The monoisotopic (exact) mass is 210 g/mol. The van der Waals surface area contributed by atoms with Crippen molar-refractivity contribution in [3.8, 4) is 0 Å². The fourth-order valence-electron chi connectivity index (χ4n) is 1.60. The molecule has 0 saturated carbocycles. The predicted octanol–water partition coefficient (Wildman–Crippen LogP) is 2.37. The minimum Gasteiger partial charge on any atom is -0.459 e. The van der Waals surface area contributed by atoms with Crippen LogP contribution in [0.3, 0.4) is 0 Å². The van der Waals surface area contributed by atoms with E-state index in [0.29, 0.717) is 18.6 Å². The topological polar surface area (TPSA) is 48.7 Å². The van der Waals surface area contributed by atoms with Crippen molar-refractivity contribution in [3.63, 3.8) is 0 Å². The molecule has 0 amide bonds. The maximum absolute atomic E-state index is 10.9. The molecule has 82 valence electrons. The van der Waals surface area contributed by atoms with Gasteiger partial charge in [-0.15, -0.1) is 0 Å². The third kappa shape index (κ3) is 2.04. The Hall–Kier alpha value is -1.29. The minimum absolute atomic E-state index is 0.0733. The molecular weight excluding hydrogens is 196 g/mol. The number of cyclic esters (lactones) is 1. The van der Waals surface area contributed by atoms with Crippen LogP contribution >= 0.6 is 0 Å². The van der Waals surface area contributed by atoms with Gasteiger partial charge >= 0.3 is 5.97 Å². The summed E-state index contributed by atoms with van der Waals surface area (Å²) in [4.78, 5) is 10.9. The van der Waals surface area contributed by atoms with Gasteiger partial charge in [0.15, 0.2) is 6.10 Å². The normalized spacial score (nSPS) is 22.8. The number of furan rings is 1. The minimum atomic E-state index is -0.213. The lowest BCUT2D eigenvalue weighted by atomic mass is 10.2. The molecule has 1 aromatic rings. The van der Waals surface area contributed by atoms with Crippen LogP contribution in [0.25, 0.3) is 0 Å². The summed E-state index contributed by atoms with van der Waals surface area (Å²) in [6.45, 7) is 1.91. The number of methoxy groups -OCH3 is 1. The zero-order chi connectivity index (χ0) is 10.8. The van der Waals surface area contributed by atoms with Crippen LogP contribution in [0.15, 0.2) is 16.5 Å². The van der Waals surface area contributed by atoms with Gasteiger partial charge in [-0.1, -0.05) is 0 Å². The highest BCUT2D eigenvalue weighted by Gasteiger charge is 2.27. The molecule has 0 radical (unpaired) electrons. The Bertz CT molecular complexity index is 355. The molecule has 0 unspecified atom stereocenters. The van der Waals surface area contributed by atoms with Crippen molar-refractivity contribution in [1.29, 1.82) is 0 Å². The van der Waals surface area contributed by atoms with Crippen molar-refractivity contribution < 1.29 is 18.7 Å². The van der Waals surface area contributed by atoms with E-state index in [9.17, 15) is 4.79 Å². The first kappa shape index (κ1) is 10.2. The van der Waals surface area contributed by atoms with Gasteiger partial charge in [-0.2, -0.15) is 0 Å². The van der Waals surface area contributed by atoms with E-state index in [2.05, 4.69) is 0 Å². The van der Waals surface area contributed by atoms with Crippen molar-refractivity contribution >= 4 is 5.97 Å². The SMILES string of the molecule is CO[C@H](C)c1ccc([C@@H]2CCC(=O)O2)o1. The van der Waals surface area contributed by atoms with E-state index < -0.39 is 0 Å². The molecule has 0 bridgehead atoms. The van der Waals surface area contributed by atoms with Gasteiger partial charge in [-0.3, -0.25) is 4.79 Å². The molecular formula is C11H14O4. The third-order valence-electron chi connectivity index (χ3n) is 2.60. The summed E-state index contributed by atoms with van der Waals surface area (Å²) in [5, 5.41) is 0. The van der Waals surface area contributed by atoms with Crippen molar-refractivity contribution in [2.24, 2.45) is 0 Å². The molecule has 2 atom stereocenters. The molecule has 2 rings (SSSR count). The Morgan fingerprint density at radius 2 is 2.33 bits per heavy atom. The number of ether oxygens (including phenoxy) is 2. The van der Waals surface area contributed by atoms with Gasteiger partial charge < -0.3 is 13.9 Å². The summed E-state index contributed by atoms with van der Waals surface area (Å²) in [5.41, 5.74) is 0. The van der Waals surface area contributed by atoms with E-state index in [1.54, 1.807) is 7.11 Å². The van der Waals surface area contributed by atoms with E-state index in [4.69, 9.17) is 13.9 Å². The Labute approximate surface area is 88.2 Å². The summed E-state index contributed by atoms with van der Waals surface area (Å²) in [5.74, 6) is 1.31. The third-order valence-corrected chi connectivity index (χ3v) is 2.60. The predicted molar refractivity (Wildman–Crippen MR) is 52.2 cm³/mol. The standard InChI is InChI=1S/C11H14O4/c1-7(13-2)8-3-4-9(14-8)10-5-6-11(12)15-10/h3-4,7,10H,5-6H2,1-2H3/t7-,10+/m1/s1. The molecule has 1 aliphatic heterocycles. The van der Waals surface area contributed by atoms with Gasteiger partial charge in [-0.05, 0) is 19.1 Å². The fraction of sp³-hybridized carbons (Fsp3) is 0.545. The molecule has 1 aromatic heterocycles. The Balaban J connectivity index is 2.10. The first-order valence-corrected chi connectivity index (χ1v) is 5.02. The molecule has 1 saturated heterocycles. The quantitative estimate of drug-likeness (QED) is 0.718. The summed E-state index contributed by atoms with van der Waals surface area (Å²) in [6, 6.07) is 3.70. The molecule has 0 aliphatic carbocycles. The van der Waals surface area contributed by atoms with Gasteiger partial charge in [0, 0.05) is 20.0 Å². The van der Waals surface area contributed by atoms with Crippen molar-refractivity contribution in [2.75, 3.05) is 7.11 Å². The number of hydrogen-bond donors (Lipinski definition) is 0. The van der Waals surface area contributed by atoms with Crippen LogP contribution in [0.2, 0.25) is 0 Å². The largest absolute Gasteiger partial charge is 0.459 e. The van der Waals surface area contributed by atoms with Gasteiger partial charge in [0.25, 0.3) is 0 Å². The van der Waals surface area contributed by atoms with Crippen molar-refractivity contribution in [2.45, 2.75) is 32.0 Å². The summed E-state index contributed by atoms with van der Waals surface area (Å²) >= 11 is 0. The number of esters is 1. The molecule has 15 heavy (non-hydrogen) atoms. The van der Waals surface area contributed by atoms with Crippen LogP contribution < -0.4 is 0 Å². The van der Waals surface area contributed by atoms with E-state index >= 15 is 0 Å². The fourth-order valence-corrected chi connectivity index (χ4v) is 1.60. The van der Waals surface area contributed by atoms with E-state index in [0.717, 1.165) is 5.76 Å². The number of hydrogen-bond acceptors (Lipinski definition) is 4. The highest BCUT2D eigenvalue weighted by Crippen LogP contribution is 2.32. The van der Waals surface area contributed by atoms with Crippen molar-refractivity contribution in [3.05, 3.63) is 23.7 Å². The molecule has 1 fully saturated rings. The molecule has 2 heterocycles. The first-order chi connectivity index (χ1) is 7.20. The zero-order valence-corrected chi connectivity index (χ0v) is 8.86. The van der Waals surface area contributed by atoms with E-state index in [1.165, 1.54) is 0 Å². The molecule has 0 N–H and O–H groups in total. The van der Waals surface area contributed by atoms with Crippen LogP contribution in [0.1, 0.15) is 43.5 Å². The molecule has 0 aromatic carbocycles. The maximum atomic E-state index is 10.9. The van der Waals surface area contributed by atoms with E-state index in [-0.39, 0.29) is 18.2 Å². The van der Waals surface area contributed by atoms with Crippen LogP contribution in [0.4, 0.5) is 0 Å². The smallest absolute Gasteiger partial charge is 0.306 e. The van der Waals surface area contributed by atoms with Crippen LogP contribution in [0, 0.1) is 0 Å². The maximum Gasteiger partial charge on any atom is 0.306 e. The second kappa shape index (κ2) is 4.06. The number of carbonyl (C=O) groups is 1. The summed E-state index contributed by atoms with van der Waals surface area (Å²) in [7, 11) is 1.63. The Morgan fingerprint density at radius 1 is 1.53 bits per heavy atom. The average molecular weight is 210 g/mol. The molecule has 4 nitrogen and oxygen atoms in total. The second-order valence-corrected chi connectivity index (χ2v) is 3.64. The Kier molecular flexibility index (Phi) is 2.77. The molecule has 4 heteroatoms. The summed E-state index contributed by atoms with van der Waals surface area (Å²) in [6.07, 6.45) is 0.888. The van der Waals surface area contributed by atoms with Crippen LogP contribution in [-0.4, -0.2) is 13.1 Å². The van der Waals surface area contributed by atoms with Gasteiger partial charge in [-0.25, -0.2) is 0 Å². The first-order valence-electron chi connectivity index (χ1n) is 5.02. The van der Waals surface area contributed by atoms with Gasteiger partial charge in [0.2, 0.25) is 0 Å². The summed E-state index contributed by atoms with van der Waals surface area (Å²) < 4.78 is 15.8. The molecule has 0 spiro atoms. The highest BCUT2D eigenvalue weighted by molar-refractivity contribution is 5.71. The lowest BCUT2D eigenvalue weighted by Gasteiger charge is -2.07. The zero-order valence-electron chi connectivity index (χ0n) is 8.86. The Morgan fingerprint density at radius 3 is 2.93 bits per heavy atom. The highest BCUT2D eigenvalue weighted by atomic mass is 16.6. The van der Waals surface area contributed by atoms with Crippen LogP contribution in [-0.2, 0) is 14.3 Å². The molecule has 1 aliphatic rings. The second-order valence-electron chi connectivity index (χ2n) is 3.64. The number of rotatable bonds is 3. The number of carbonyl (C=O) groups excluding carboxylic acids is 1. The lowest BCUT2D eigenvalue weighted by Crippen LogP contribution is -1.97. The van der Waals surface area contributed by atoms with Crippen molar-refractivity contribution in [1.82, 2.24) is 0 Å². The van der Waals surface area contributed by atoms with Gasteiger partial charge in [0.05, 0.1) is 0 Å². The average Bonchev–Trinajstić information content (AvgIpc) is 2.84.